The van der Waals surface area contributed by atoms with Crippen molar-refractivity contribution in [3.05, 3.63) is 24.7 Å². The van der Waals surface area contributed by atoms with Gasteiger partial charge in [0.2, 0.25) is 0 Å². The van der Waals surface area contributed by atoms with Gasteiger partial charge in [0.15, 0.2) is 5.82 Å². The summed E-state index contributed by atoms with van der Waals surface area (Å²) >= 11 is 0. The molecule has 3 heterocycles. The third-order valence-electron chi connectivity index (χ3n) is 3.58. The Hall–Kier alpha value is -1.62. The highest BCUT2D eigenvalue weighted by molar-refractivity contribution is 5.68. The number of rotatable bonds is 1. The molecule has 2 aromatic rings. The number of nitrogens with zero attached hydrogens (tertiary/aromatic N) is 4. The lowest BCUT2D eigenvalue weighted by Gasteiger charge is -2.35. The van der Waals surface area contributed by atoms with Gasteiger partial charge in [0.05, 0.1) is 6.20 Å². The van der Waals surface area contributed by atoms with Crippen molar-refractivity contribution in [1.29, 1.82) is 0 Å². The van der Waals surface area contributed by atoms with Gasteiger partial charge in [-0.1, -0.05) is 6.92 Å². The minimum atomic E-state index is 0.316. The normalized spacial score (nSPS) is 25.4. The van der Waals surface area contributed by atoms with Gasteiger partial charge in [-0.25, -0.2) is 9.50 Å². The Morgan fingerprint density at radius 2 is 2.29 bits per heavy atom. The summed E-state index contributed by atoms with van der Waals surface area (Å²) < 4.78 is 1.86. The first-order chi connectivity index (χ1) is 8.25. The molecule has 0 bridgehead atoms. The summed E-state index contributed by atoms with van der Waals surface area (Å²) in [6, 6.07) is 2.32. The molecule has 0 aliphatic carbocycles. The van der Waals surface area contributed by atoms with Crippen LogP contribution in [-0.2, 0) is 0 Å². The predicted molar refractivity (Wildman–Crippen MR) is 67.0 cm³/mol. The summed E-state index contributed by atoms with van der Waals surface area (Å²) in [4.78, 5) is 6.80. The van der Waals surface area contributed by atoms with Crippen molar-refractivity contribution in [3.63, 3.8) is 0 Å². The van der Waals surface area contributed by atoms with Crippen molar-refractivity contribution in [3.8, 4) is 0 Å². The third-order valence-corrected chi connectivity index (χ3v) is 3.58. The van der Waals surface area contributed by atoms with Crippen LogP contribution >= 0.6 is 0 Å². The molecule has 5 nitrogen and oxygen atoms in total. The first-order valence-electron chi connectivity index (χ1n) is 6.04. The smallest absolute Gasteiger partial charge is 0.154 e. The van der Waals surface area contributed by atoms with E-state index < -0.39 is 0 Å². The van der Waals surface area contributed by atoms with Gasteiger partial charge >= 0.3 is 0 Å². The Morgan fingerprint density at radius 3 is 3.12 bits per heavy atom. The van der Waals surface area contributed by atoms with Crippen molar-refractivity contribution in [1.82, 2.24) is 14.6 Å². The van der Waals surface area contributed by atoms with Crippen LogP contribution in [-0.4, -0.2) is 33.7 Å². The summed E-state index contributed by atoms with van der Waals surface area (Å²) in [6.45, 7) is 4.15. The van der Waals surface area contributed by atoms with Crippen LogP contribution in [0, 0.1) is 5.92 Å². The molecule has 0 aromatic carbocycles. The Kier molecular flexibility index (Phi) is 2.48. The van der Waals surface area contributed by atoms with E-state index in [4.69, 9.17) is 5.73 Å². The van der Waals surface area contributed by atoms with Crippen LogP contribution < -0.4 is 10.6 Å². The molecule has 0 radical (unpaired) electrons. The minimum Gasteiger partial charge on any atom is -0.354 e. The summed E-state index contributed by atoms with van der Waals surface area (Å²) in [5.41, 5.74) is 7.11. The van der Waals surface area contributed by atoms with Crippen molar-refractivity contribution in [2.75, 3.05) is 18.0 Å². The largest absolute Gasteiger partial charge is 0.354 e. The molecule has 90 valence electrons. The van der Waals surface area contributed by atoms with Crippen molar-refractivity contribution in [2.45, 2.75) is 19.4 Å². The fourth-order valence-corrected chi connectivity index (χ4v) is 2.44. The molecule has 2 N–H and O–H groups in total. The van der Waals surface area contributed by atoms with E-state index in [1.54, 1.807) is 12.4 Å². The van der Waals surface area contributed by atoms with E-state index in [1.165, 1.54) is 0 Å². The van der Waals surface area contributed by atoms with Gasteiger partial charge in [-0.05, 0) is 18.4 Å². The Labute approximate surface area is 100 Å². The van der Waals surface area contributed by atoms with E-state index in [2.05, 4.69) is 21.9 Å². The molecule has 3 rings (SSSR count). The highest BCUT2D eigenvalue weighted by Crippen LogP contribution is 2.24. The number of anilines is 1. The lowest BCUT2D eigenvalue weighted by molar-refractivity contribution is 0.381. The van der Waals surface area contributed by atoms with Gasteiger partial charge in [0.25, 0.3) is 0 Å². The van der Waals surface area contributed by atoms with Crippen LogP contribution in [0.15, 0.2) is 24.7 Å². The van der Waals surface area contributed by atoms with Gasteiger partial charge in [0.1, 0.15) is 5.52 Å². The molecular formula is C12H17N5. The molecule has 1 aliphatic heterocycles. The molecule has 17 heavy (non-hydrogen) atoms. The Morgan fingerprint density at radius 1 is 1.41 bits per heavy atom. The zero-order chi connectivity index (χ0) is 11.8. The van der Waals surface area contributed by atoms with Gasteiger partial charge in [0, 0.05) is 31.5 Å². The second kappa shape index (κ2) is 4.00. The second-order valence-corrected chi connectivity index (χ2v) is 4.79. The molecule has 2 aromatic heterocycles. The number of hydrogen-bond donors (Lipinski definition) is 1. The van der Waals surface area contributed by atoms with E-state index in [-0.39, 0.29) is 0 Å². The van der Waals surface area contributed by atoms with E-state index in [9.17, 15) is 0 Å². The first-order valence-corrected chi connectivity index (χ1v) is 6.04. The van der Waals surface area contributed by atoms with Gasteiger partial charge in [-0.15, -0.1) is 0 Å². The van der Waals surface area contributed by atoms with E-state index in [1.807, 2.05) is 16.8 Å². The maximum absolute atomic E-state index is 6.05. The van der Waals surface area contributed by atoms with Gasteiger partial charge < -0.3 is 10.6 Å². The average Bonchev–Trinajstić information content (AvgIpc) is 2.80. The quantitative estimate of drug-likeness (QED) is 0.792. The van der Waals surface area contributed by atoms with Gasteiger partial charge in [-0.3, -0.25) is 0 Å². The van der Waals surface area contributed by atoms with Crippen LogP contribution in [0.1, 0.15) is 13.3 Å². The monoisotopic (exact) mass is 231 g/mol. The first kappa shape index (κ1) is 10.5. The Balaban J connectivity index is 1.96. The Bertz CT molecular complexity index is 520. The minimum absolute atomic E-state index is 0.316. The standard InChI is InChI=1S/C12H17N5/c1-9-8-16(6-3-10(9)13)12-11-2-4-15-17(11)7-5-14-12/h2,4-5,7,9-10H,3,6,8,13H2,1H3. The molecule has 2 unspecified atom stereocenters. The number of aromatic nitrogens is 3. The van der Waals surface area contributed by atoms with Crippen LogP contribution in [0.4, 0.5) is 5.82 Å². The predicted octanol–water partition coefficient (Wildman–Crippen LogP) is 0.903. The second-order valence-electron chi connectivity index (χ2n) is 4.79. The molecule has 5 heteroatoms. The van der Waals surface area contributed by atoms with Crippen LogP contribution in [0.25, 0.3) is 5.52 Å². The van der Waals surface area contributed by atoms with Crippen LogP contribution in [0.2, 0.25) is 0 Å². The number of piperidine rings is 1. The fourth-order valence-electron chi connectivity index (χ4n) is 2.44. The summed E-state index contributed by atoms with van der Waals surface area (Å²) in [5, 5.41) is 4.23. The van der Waals surface area contributed by atoms with Crippen molar-refractivity contribution >= 4 is 11.3 Å². The molecule has 1 saturated heterocycles. The molecule has 0 saturated carbocycles. The zero-order valence-corrected chi connectivity index (χ0v) is 9.95. The third kappa shape index (κ3) is 1.76. The van der Waals surface area contributed by atoms with E-state index in [0.717, 1.165) is 30.8 Å². The van der Waals surface area contributed by atoms with E-state index >= 15 is 0 Å². The summed E-state index contributed by atoms with van der Waals surface area (Å²) in [5.74, 6) is 1.53. The summed E-state index contributed by atoms with van der Waals surface area (Å²) in [7, 11) is 0. The number of fused-ring (bicyclic) bond motifs is 1. The zero-order valence-electron chi connectivity index (χ0n) is 9.95. The molecule has 1 fully saturated rings. The number of hydrogen-bond acceptors (Lipinski definition) is 4. The molecule has 0 spiro atoms. The topological polar surface area (TPSA) is 59.5 Å². The lowest BCUT2D eigenvalue weighted by Crippen LogP contribution is -2.46. The maximum Gasteiger partial charge on any atom is 0.154 e. The van der Waals surface area contributed by atoms with Crippen molar-refractivity contribution in [2.24, 2.45) is 11.7 Å². The highest BCUT2D eigenvalue weighted by Gasteiger charge is 2.25. The molecular weight excluding hydrogens is 214 g/mol. The SMILES string of the molecule is CC1CN(c2nccn3nccc23)CCC1N. The van der Waals surface area contributed by atoms with E-state index in [0.29, 0.717) is 12.0 Å². The number of nitrogens with two attached hydrogens (primary N) is 1. The lowest BCUT2D eigenvalue weighted by atomic mass is 9.95. The van der Waals surface area contributed by atoms with Gasteiger partial charge in [-0.2, -0.15) is 5.10 Å². The van der Waals surface area contributed by atoms with Crippen LogP contribution in [0.3, 0.4) is 0 Å². The fraction of sp³-hybridized carbons (Fsp3) is 0.500. The maximum atomic E-state index is 6.05. The van der Waals surface area contributed by atoms with Crippen LogP contribution in [0.5, 0.6) is 0 Å². The molecule has 0 amide bonds. The van der Waals surface area contributed by atoms with Crippen molar-refractivity contribution < 1.29 is 0 Å². The highest BCUT2D eigenvalue weighted by atomic mass is 15.3. The molecule has 1 aliphatic rings. The summed E-state index contributed by atoms with van der Waals surface area (Å²) in [6.07, 6.45) is 6.50. The average molecular weight is 231 g/mol. The molecule has 2 atom stereocenters.